The number of quaternary nitrogens is 1. The third-order valence-electron chi connectivity index (χ3n) is 5.68. The maximum absolute atomic E-state index is 13.9. The SMILES string of the molecule is COC(=O)[C@H](C(C)(C)C)[N+](C)(C)C(=O)C1(NC(=O)c2cnccn2)CCCCC1. The van der Waals surface area contributed by atoms with Gasteiger partial charge in [-0.15, -0.1) is 0 Å². The predicted molar refractivity (Wildman–Crippen MR) is 108 cm³/mol. The van der Waals surface area contributed by atoms with Crippen LogP contribution in [0.2, 0.25) is 0 Å². The first-order valence-electron chi connectivity index (χ1n) is 10.0. The molecule has 1 heterocycles. The Morgan fingerprint density at radius 2 is 1.76 bits per heavy atom. The standard InChI is InChI=1S/C21H32N4O4/c1-20(2,3)16(18(27)29-6)25(4,5)19(28)21(10-8-7-9-11-21)24-17(26)15-14-22-12-13-23-15/h12-14,16H,7-11H2,1-6H3/p+1/t16-/m1/s1. The van der Waals surface area contributed by atoms with Gasteiger partial charge in [0.05, 0.1) is 27.4 Å². The van der Waals surface area contributed by atoms with Gasteiger partial charge in [0.2, 0.25) is 0 Å². The molecule has 0 spiro atoms. The molecule has 0 radical (unpaired) electrons. The van der Waals surface area contributed by atoms with E-state index in [4.69, 9.17) is 4.74 Å². The summed E-state index contributed by atoms with van der Waals surface area (Å²) in [4.78, 5) is 47.4. The van der Waals surface area contributed by atoms with Crippen LogP contribution in [0.1, 0.15) is 63.4 Å². The van der Waals surface area contributed by atoms with Crippen molar-refractivity contribution in [1.82, 2.24) is 15.3 Å². The van der Waals surface area contributed by atoms with E-state index in [1.165, 1.54) is 25.7 Å². The van der Waals surface area contributed by atoms with E-state index >= 15 is 0 Å². The Morgan fingerprint density at radius 3 is 2.24 bits per heavy atom. The van der Waals surface area contributed by atoms with E-state index in [1.807, 2.05) is 20.8 Å². The molecule has 0 aromatic carbocycles. The molecule has 0 unspecified atom stereocenters. The lowest BCUT2D eigenvalue weighted by molar-refractivity contribution is -0.841. The van der Waals surface area contributed by atoms with Crippen LogP contribution >= 0.6 is 0 Å². The van der Waals surface area contributed by atoms with Crippen molar-refractivity contribution in [1.29, 1.82) is 0 Å². The molecular weight excluding hydrogens is 372 g/mol. The zero-order valence-corrected chi connectivity index (χ0v) is 18.3. The Kier molecular flexibility index (Phi) is 6.78. The summed E-state index contributed by atoms with van der Waals surface area (Å²) in [5, 5.41) is 2.96. The number of ether oxygens (including phenoxy) is 1. The molecule has 2 rings (SSSR count). The van der Waals surface area contributed by atoms with Gasteiger partial charge in [-0.05, 0) is 12.8 Å². The van der Waals surface area contributed by atoms with Gasteiger partial charge in [0.15, 0.2) is 11.6 Å². The van der Waals surface area contributed by atoms with Crippen molar-refractivity contribution in [2.45, 2.75) is 64.5 Å². The average Bonchev–Trinajstić information content (AvgIpc) is 2.67. The lowest BCUT2D eigenvalue weighted by Gasteiger charge is -2.46. The minimum atomic E-state index is -1.06. The molecule has 0 bridgehead atoms. The van der Waals surface area contributed by atoms with Crippen molar-refractivity contribution in [2.24, 2.45) is 5.41 Å². The summed E-state index contributed by atoms with van der Waals surface area (Å²) in [6, 6.07) is -0.716. The van der Waals surface area contributed by atoms with Crippen LogP contribution in [0.4, 0.5) is 0 Å². The molecule has 1 aliphatic carbocycles. The molecule has 0 aliphatic heterocycles. The Balaban J connectivity index is 2.43. The monoisotopic (exact) mass is 405 g/mol. The van der Waals surface area contributed by atoms with Gasteiger partial charge in [-0.1, -0.05) is 40.0 Å². The van der Waals surface area contributed by atoms with Crippen LogP contribution in [-0.2, 0) is 14.3 Å². The van der Waals surface area contributed by atoms with E-state index in [1.54, 1.807) is 14.1 Å². The van der Waals surface area contributed by atoms with Crippen molar-refractivity contribution >= 4 is 17.8 Å². The maximum atomic E-state index is 13.9. The van der Waals surface area contributed by atoms with E-state index in [0.29, 0.717) is 12.8 Å². The fourth-order valence-electron chi connectivity index (χ4n) is 4.61. The Hall–Kier alpha value is -2.35. The number of nitrogens with one attached hydrogen (secondary N) is 1. The van der Waals surface area contributed by atoms with Crippen LogP contribution in [0.5, 0.6) is 0 Å². The van der Waals surface area contributed by atoms with Gasteiger partial charge in [0.25, 0.3) is 5.91 Å². The van der Waals surface area contributed by atoms with Gasteiger partial charge in [-0.25, -0.2) is 14.6 Å². The van der Waals surface area contributed by atoms with Crippen molar-refractivity contribution < 1.29 is 23.6 Å². The lowest BCUT2D eigenvalue weighted by atomic mass is 9.77. The number of rotatable bonds is 5. The normalized spacial score (nSPS) is 17.9. The van der Waals surface area contributed by atoms with E-state index in [9.17, 15) is 14.4 Å². The van der Waals surface area contributed by atoms with Gasteiger partial charge < -0.3 is 10.1 Å². The number of carbonyl (C=O) groups excluding carboxylic acids is 3. The summed E-state index contributed by atoms with van der Waals surface area (Å²) in [6.07, 6.45) is 8.01. The number of hydrogen-bond donors (Lipinski definition) is 1. The largest absolute Gasteiger partial charge is 0.465 e. The van der Waals surface area contributed by atoms with Gasteiger partial charge in [-0.3, -0.25) is 14.3 Å². The van der Waals surface area contributed by atoms with Gasteiger partial charge >= 0.3 is 11.9 Å². The third kappa shape index (κ3) is 4.80. The highest BCUT2D eigenvalue weighted by Gasteiger charge is 2.57. The highest BCUT2D eigenvalue weighted by molar-refractivity contribution is 5.96. The van der Waals surface area contributed by atoms with E-state index in [2.05, 4.69) is 15.3 Å². The fourth-order valence-corrected chi connectivity index (χ4v) is 4.61. The minimum absolute atomic E-state index is 0.163. The number of hydrogen-bond acceptors (Lipinski definition) is 6. The number of nitrogens with zero attached hydrogens (tertiary/aromatic N) is 3. The summed E-state index contributed by atoms with van der Waals surface area (Å²) < 4.78 is 4.82. The number of carbonyl (C=O) groups is 3. The molecule has 1 fully saturated rings. The predicted octanol–water partition coefficient (Wildman–Crippen LogP) is 2.10. The molecule has 8 heteroatoms. The smallest absolute Gasteiger partial charge is 0.365 e. The molecule has 1 atom stereocenters. The molecule has 1 aliphatic rings. The zero-order valence-electron chi connectivity index (χ0n) is 18.3. The quantitative estimate of drug-likeness (QED) is 0.595. The van der Waals surface area contributed by atoms with Crippen molar-refractivity contribution in [3.8, 4) is 0 Å². The molecule has 8 nitrogen and oxygen atoms in total. The summed E-state index contributed by atoms with van der Waals surface area (Å²) in [5.41, 5.74) is -1.42. The van der Waals surface area contributed by atoms with E-state index < -0.39 is 28.9 Å². The maximum Gasteiger partial charge on any atom is 0.365 e. The zero-order chi connectivity index (χ0) is 21.9. The van der Waals surface area contributed by atoms with Gasteiger partial charge in [0, 0.05) is 17.8 Å². The number of methoxy groups -OCH3 is 1. The van der Waals surface area contributed by atoms with Crippen LogP contribution in [0.3, 0.4) is 0 Å². The summed E-state index contributed by atoms with van der Waals surface area (Å²) in [7, 11) is 4.78. The average molecular weight is 406 g/mol. The molecule has 0 saturated heterocycles. The van der Waals surface area contributed by atoms with Crippen molar-refractivity contribution in [2.75, 3.05) is 21.2 Å². The molecule has 1 aromatic rings. The molecule has 1 aromatic heterocycles. The van der Waals surface area contributed by atoms with Crippen LogP contribution < -0.4 is 5.32 Å². The second kappa shape index (κ2) is 8.57. The van der Waals surface area contributed by atoms with Crippen LogP contribution in [0.25, 0.3) is 0 Å². The molecule has 29 heavy (non-hydrogen) atoms. The number of amides is 2. The van der Waals surface area contributed by atoms with Gasteiger partial charge in [0.1, 0.15) is 5.69 Å². The fraction of sp³-hybridized carbons (Fsp3) is 0.667. The third-order valence-corrected chi connectivity index (χ3v) is 5.68. The summed E-state index contributed by atoms with van der Waals surface area (Å²) >= 11 is 0. The first-order chi connectivity index (χ1) is 13.5. The van der Waals surface area contributed by atoms with E-state index in [0.717, 1.165) is 19.3 Å². The van der Waals surface area contributed by atoms with Crippen LogP contribution in [0, 0.1) is 5.41 Å². The Labute approximate surface area is 172 Å². The topological polar surface area (TPSA) is 98.2 Å². The number of likely N-dealkylation sites (N-methyl/N-ethyl adjacent to an activating group) is 1. The minimum Gasteiger partial charge on any atom is -0.465 e. The molecular formula is C21H33N4O4+. The highest BCUT2D eigenvalue weighted by Crippen LogP contribution is 2.36. The van der Waals surface area contributed by atoms with Crippen LogP contribution in [-0.4, -0.2) is 65.0 Å². The van der Waals surface area contributed by atoms with Crippen molar-refractivity contribution in [3.05, 3.63) is 24.3 Å². The van der Waals surface area contributed by atoms with Crippen molar-refractivity contribution in [3.63, 3.8) is 0 Å². The molecule has 2 amide bonds. The first kappa shape index (κ1) is 22.9. The number of esters is 1. The lowest BCUT2D eigenvalue weighted by Crippen LogP contribution is -2.71. The number of aromatic nitrogens is 2. The molecule has 1 saturated carbocycles. The second-order valence-corrected chi connectivity index (χ2v) is 9.32. The first-order valence-corrected chi connectivity index (χ1v) is 10.0. The highest BCUT2D eigenvalue weighted by atomic mass is 16.5. The van der Waals surface area contributed by atoms with E-state index in [-0.39, 0.29) is 16.1 Å². The molecule has 160 valence electrons. The Bertz CT molecular complexity index is 750. The Morgan fingerprint density at radius 1 is 1.14 bits per heavy atom. The molecule has 1 N–H and O–H groups in total. The summed E-state index contributed by atoms with van der Waals surface area (Å²) in [6.45, 7) is 5.73. The second-order valence-electron chi connectivity index (χ2n) is 9.32. The van der Waals surface area contributed by atoms with Crippen LogP contribution in [0.15, 0.2) is 18.6 Å². The van der Waals surface area contributed by atoms with Gasteiger partial charge in [-0.2, -0.15) is 0 Å². The summed E-state index contributed by atoms with van der Waals surface area (Å²) in [5.74, 6) is -1.07.